The Labute approximate surface area is 140 Å². The molecule has 1 heterocycles. The van der Waals surface area contributed by atoms with Crippen LogP contribution < -0.4 is 5.32 Å². The number of hydrogen-bond donors (Lipinski definition) is 2. The topological polar surface area (TPSA) is 65.2 Å². The molecule has 3 aromatic rings. The first-order valence-electron chi connectivity index (χ1n) is 7.71. The molecule has 5 heteroatoms. The molecule has 0 aliphatic carbocycles. The van der Waals surface area contributed by atoms with Crippen molar-refractivity contribution >= 4 is 22.7 Å². The molecule has 122 valence electrons. The standard InChI is InChI=1S/C19H19N3O2/c1-22(2)19(24)14-9-7-13(8-10-14)12-20-18(23)17-11-15-5-3-4-6-16(15)21-17/h3-11,21H,12H2,1-2H3,(H,20,23). The van der Waals surface area contributed by atoms with E-state index < -0.39 is 0 Å². The predicted molar refractivity (Wildman–Crippen MR) is 93.9 cm³/mol. The van der Waals surface area contributed by atoms with Crippen LogP contribution in [0.2, 0.25) is 0 Å². The predicted octanol–water partition coefficient (Wildman–Crippen LogP) is 2.80. The van der Waals surface area contributed by atoms with Crippen molar-refractivity contribution in [3.05, 3.63) is 71.4 Å². The first kappa shape index (κ1) is 15.8. The number of carbonyl (C=O) groups is 2. The van der Waals surface area contributed by atoms with Crippen LogP contribution in [0.3, 0.4) is 0 Å². The largest absolute Gasteiger partial charge is 0.351 e. The summed E-state index contributed by atoms with van der Waals surface area (Å²) in [5.74, 6) is -0.191. The molecule has 3 rings (SSSR count). The van der Waals surface area contributed by atoms with Gasteiger partial charge in [0.1, 0.15) is 5.69 Å². The first-order chi connectivity index (χ1) is 11.5. The number of para-hydroxylation sites is 1. The van der Waals surface area contributed by atoms with Crippen LogP contribution in [0.1, 0.15) is 26.4 Å². The third kappa shape index (κ3) is 3.30. The molecule has 0 aliphatic heterocycles. The van der Waals surface area contributed by atoms with Crippen LogP contribution in [-0.2, 0) is 6.54 Å². The van der Waals surface area contributed by atoms with Crippen molar-refractivity contribution in [1.82, 2.24) is 15.2 Å². The number of carbonyl (C=O) groups excluding carboxylic acids is 2. The lowest BCUT2D eigenvalue weighted by molar-refractivity contribution is 0.0827. The molecule has 0 bridgehead atoms. The van der Waals surface area contributed by atoms with Crippen molar-refractivity contribution < 1.29 is 9.59 Å². The number of aromatic amines is 1. The van der Waals surface area contributed by atoms with Gasteiger partial charge in [0.2, 0.25) is 0 Å². The van der Waals surface area contributed by atoms with Gasteiger partial charge in [-0.1, -0.05) is 30.3 Å². The fourth-order valence-corrected chi connectivity index (χ4v) is 2.50. The van der Waals surface area contributed by atoms with E-state index in [1.54, 1.807) is 26.2 Å². The zero-order chi connectivity index (χ0) is 17.1. The van der Waals surface area contributed by atoms with E-state index in [-0.39, 0.29) is 11.8 Å². The highest BCUT2D eigenvalue weighted by atomic mass is 16.2. The minimum Gasteiger partial charge on any atom is -0.351 e. The summed E-state index contributed by atoms with van der Waals surface area (Å²) < 4.78 is 0. The average Bonchev–Trinajstić information content (AvgIpc) is 3.03. The van der Waals surface area contributed by atoms with E-state index >= 15 is 0 Å². The first-order valence-corrected chi connectivity index (χ1v) is 7.71. The van der Waals surface area contributed by atoms with Gasteiger partial charge in [0.05, 0.1) is 0 Å². The van der Waals surface area contributed by atoms with Gasteiger partial charge >= 0.3 is 0 Å². The van der Waals surface area contributed by atoms with Gasteiger partial charge in [-0.25, -0.2) is 0 Å². The highest BCUT2D eigenvalue weighted by Gasteiger charge is 2.10. The van der Waals surface area contributed by atoms with Gasteiger partial charge in [-0.15, -0.1) is 0 Å². The van der Waals surface area contributed by atoms with Gasteiger partial charge in [-0.2, -0.15) is 0 Å². The second kappa shape index (κ2) is 6.58. The van der Waals surface area contributed by atoms with E-state index in [9.17, 15) is 9.59 Å². The van der Waals surface area contributed by atoms with Crippen LogP contribution in [0.5, 0.6) is 0 Å². The fraction of sp³-hybridized carbons (Fsp3) is 0.158. The maximum atomic E-state index is 12.2. The highest BCUT2D eigenvalue weighted by Crippen LogP contribution is 2.14. The number of aromatic nitrogens is 1. The summed E-state index contributed by atoms with van der Waals surface area (Å²) in [4.78, 5) is 28.7. The Morgan fingerprint density at radius 1 is 1.04 bits per heavy atom. The van der Waals surface area contributed by atoms with Crippen LogP contribution in [0.25, 0.3) is 10.9 Å². The van der Waals surface area contributed by atoms with Crippen molar-refractivity contribution in [2.24, 2.45) is 0 Å². The number of hydrogen-bond acceptors (Lipinski definition) is 2. The van der Waals surface area contributed by atoms with Crippen molar-refractivity contribution in [2.75, 3.05) is 14.1 Å². The molecule has 2 N–H and O–H groups in total. The quantitative estimate of drug-likeness (QED) is 0.776. The van der Waals surface area contributed by atoms with Crippen molar-refractivity contribution in [2.45, 2.75) is 6.54 Å². The van der Waals surface area contributed by atoms with E-state index in [0.29, 0.717) is 17.8 Å². The van der Waals surface area contributed by atoms with Gasteiger partial charge in [0.15, 0.2) is 0 Å². The molecule has 0 saturated carbocycles. The molecule has 0 aliphatic rings. The van der Waals surface area contributed by atoms with E-state index in [1.165, 1.54) is 4.90 Å². The summed E-state index contributed by atoms with van der Waals surface area (Å²) in [6.07, 6.45) is 0. The Balaban J connectivity index is 1.64. The number of rotatable bonds is 4. The van der Waals surface area contributed by atoms with Crippen LogP contribution >= 0.6 is 0 Å². The molecule has 2 aromatic carbocycles. The summed E-state index contributed by atoms with van der Waals surface area (Å²) >= 11 is 0. The van der Waals surface area contributed by atoms with Crippen LogP contribution in [0.15, 0.2) is 54.6 Å². The molecular formula is C19H19N3O2. The van der Waals surface area contributed by atoms with E-state index in [1.807, 2.05) is 42.5 Å². The van der Waals surface area contributed by atoms with Gasteiger partial charge in [0.25, 0.3) is 11.8 Å². The number of benzene rings is 2. The second-order valence-electron chi connectivity index (χ2n) is 5.85. The zero-order valence-electron chi connectivity index (χ0n) is 13.7. The maximum absolute atomic E-state index is 12.2. The molecule has 0 saturated heterocycles. The summed E-state index contributed by atoms with van der Waals surface area (Å²) in [7, 11) is 3.44. The monoisotopic (exact) mass is 321 g/mol. The minimum atomic E-state index is -0.153. The van der Waals surface area contributed by atoms with E-state index in [2.05, 4.69) is 10.3 Å². The van der Waals surface area contributed by atoms with Crippen molar-refractivity contribution in [3.63, 3.8) is 0 Å². The molecule has 0 unspecified atom stereocenters. The van der Waals surface area contributed by atoms with Crippen LogP contribution in [0, 0.1) is 0 Å². The Bertz CT molecular complexity index is 846. The summed E-state index contributed by atoms with van der Waals surface area (Å²) in [6.45, 7) is 0.407. The van der Waals surface area contributed by atoms with E-state index in [0.717, 1.165) is 16.5 Å². The Kier molecular flexibility index (Phi) is 4.33. The van der Waals surface area contributed by atoms with Crippen LogP contribution in [0.4, 0.5) is 0 Å². The number of nitrogens with one attached hydrogen (secondary N) is 2. The zero-order valence-corrected chi connectivity index (χ0v) is 13.7. The molecule has 0 spiro atoms. The molecule has 5 nitrogen and oxygen atoms in total. The molecule has 0 radical (unpaired) electrons. The third-order valence-electron chi connectivity index (χ3n) is 3.83. The van der Waals surface area contributed by atoms with Gasteiger partial charge < -0.3 is 15.2 Å². The Morgan fingerprint density at radius 3 is 2.42 bits per heavy atom. The number of amides is 2. The van der Waals surface area contributed by atoms with Crippen molar-refractivity contribution in [3.8, 4) is 0 Å². The number of fused-ring (bicyclic) bond motifs is 1. The summed E-state index contributed by atoms with van der Waals surface area (Å²) in [5, 5.41) is 3.89. The lowest BCUT2D eigenvalue weighted by Crippen LogP contribution is -2.23. The Hall–Kier alpha value is -3.08. The molecule has 1 aromatic heterocycles. The minimum absolute atomic E-state index is 0.0383. The smallest absolute Gasteiger partial charge is 0.267 e. The van der Waals surface area contributed by atoms with Gasteiger partial charge in [-0.3, -0.25) is 9.59 Å². The summed E-state index contributed by atoms with van der Waals surface area (Å²) in [5.41, 5.74) is 3.05. The highest BCUT2D eigenvalue weighted by molar-refractivity contribution is 5.98. The molecular weight excluding hydrogens is 302 g/mol. The maximum Gasteiger partial charge on any atom is 0.267 e. The van der Waals surface area contributed by atoms with Crippen LogP contribution in [-0.4, -0.2) is 35.8 Å². The molecule has 2 amide bonds. The lowest BCUT2D eigenvalue weighted by atomic mass is 10.1. The third-order valence-corrected chi connectivity index (χ3v) is 3.83. The Morgan fingerprint density at radius 2 is 1.75 bits per heavy atom. The molecule has 24 heavy (non-hydrogen) atoms. The molecule has 0 fully saturated rings. The number of nitrogens with zero attached hydrogens (tertiary/aromatic N) is 1. The fourth-order valence-electron chi connectivity index (χ4n) is 2.50. The van der Waals surface area contributed by atoms with Gasteiger partial charge in [0, 0.05) is 37.1 Å². The average molecular weight is 321 g/mol. The number of H-pyrrole nitrogens is 1. The lowest BCUT2D eigenvalue weighted by Gasteiger charge is -2.10. The normalized spacial score (nSPS) is 10.6. The molecule has 0 atom stereocenters. The van der Waals surface area contributed by atoms with E-state index in [4.69, 9.17) is 0 Å². The second-order valence-corrected chi connectivity index (χ2v) is 5.85. The van der Waals surface area contributed by atoms with Gasteiger partial charge in [-0.05, 0) is 29.8 Å². The summed E-state index contributed by atoms with van der Waals surface area (Å²) in [6, 6.07) is 16.8. The SMILES string of the molecule is CN(C)C(=O)c1ccc(CNC(=O)c2cc3ccccc3[nH]2)cc1. The van der Waals surface area contributed by atoms with Crippen molar-refractivity contribution in [1.29, 1.82) is 0 Å².